The molecule has 1 aromatic heterocycles. The second-order valence-electron chi connectivity index (χ2n) is 7.58. The first-order valence-corrected chi connectivity index (χ1v) is 11.8. The molecule has 4 rings (SSSR count). The van der Waals surface area contributed by atoms with Gasteiger partial charge < -0.3 is 26.3 Å². The summed E-state index contributed by atoms with van der Waals surface area (Å²) in [6.45, 7) is 1.91. The number of carbonyl (C=O) groups is 3. The second kappa shape index (κ2) is 12.8. The number of ether oxygens (including phenoxy) is 2. The van der Waals surface area contributed by atoms with Crippen LogP contribution in [0.4, 0.5) is 10.1 Å². The van der Waals surface area contributed by atoms with Gasteiger partial charge in [-0.15, -0.1) is 0 Å². The number of benzene rings is 2. The first-order chi connectivity index (χ1) is 18.1. The van der Waals surface area contributed by atoms with E-state index in [0.29, 0.717) is 39.4 Å². The van der Waals surface area contributed by atoms with Crippen LogP contribution < -0.4 is 26.3 Å². The number of rotatable bonds is 7. The van der Waals surface area contributed by atoms with Crippen molar-refractivity contribution in [1.82, 2.24) is 4.98 Å². The van der Waals surface area contributed by atoms with Gasteiger partial charge in [0.1, 0.15) is 23.7 Å². The predicted octanol–water partition coefficient (Wildman–Crippen LogP) is 3.37. The standard InChI is InChI=1S/C17H14Cl2N2O2.C8H8FN3O3/c1-2-23-14-8-10(18)7-12(19)16(14)17-11-5-3-4-6-13(11)21-15(22)9-20-17;9-4-1-5(7(11)14)8(12-2-4)15-3-6(10)13/h3-8H,2,9H2,1H3,(H,21,22);1-2H,3H2,(H2,10,13)(H2,11,14). The highest BCUT2D eigenvalue weighted by molar-refractivity contribution is 6.39. The predicted molar refractivity (Wildman–Crippen MR) is 141 cm³/mol. The highest BCUT2D eigenvalue weighted by Crippen LogP contribution is 2.35. The van der Waals surface area contributed by atoms with Crippen LogP contribution in [0.1, 0.15) is 28.4 Å². The van der Waals surface area contributed by atoms with E-state index >= 15 is 0 Å². The first kappa shape index (κ1) is 28.4. The van der Waals surface area contributed by atoms with Crippen molar-refractivity contribution in [2.75, 3.05) is 25.1 Å². The van der Waals surface area contributed by atoms with Gasteiger partial charge >= 0.3 is 0 Å². The molecule has 1 aliphatic rings. The number of hydrogen-bond acceptors (Lipinski definition) is 7. The van der Waals surface area contributed by atoms with Crippen LogP contribution in [0.15, 0.2) is 53.7 Å². The molecule has 13 heteroatoms. The SMILES string of the molecule is CCOc1cc(Cl)cc(Cl)c1C1=NCC(=O)Nc2ccccc21.NC(=O)COc1ncc(F)cc1C(N)=O. The van der Waals surface area contributed by atoms with Crippen molar-refractivity contribution in [3.63, 3.8) is 0 Å². The maximum absolute atomic E-state index is 12.7. The number of fused-ring (bicyclic) bond motifs is 1. The zero-order chi connectivity index (χ0) is 27.8. The summed E-state index contributed by atoms with van der Waals surface area (Å²) < 4.78 is 23.1. The third kappa shape index (κ3) is 7.17. The van der Waals surface area contributed by atoms with Gasteiger partial charge in [0, 0.05) is 10.6 Å². The number of amides is 3. The minimum Gasteiger partial charge on any atom is -0.493 e. The number of hydrogen-bond donors (Lipinski definition) is 3. The number of primary amides is 2. The number of nitrogens with one attached hydrogen (secondary N) is 1. The van der Waals surface area contributed by atoms with Crippen molar-refractivity contribution >= 4 is 52.3 Å². The molecule has 0 radical (unpaired) electrons. The number of aromatic nitrogens is 1. The zero-order valence-electron chi connectivity index (χ0n) is 20.0. The molecule has 0 saturated heterocycles. The zero-order valence-corrected chi connectivity index (χ0v) is 21.5. The van der Waals surface area contributed by atoms with E-state index in [1.165, 1.54) is 0 Å². The summed E-state index contributed by atoms with van der Waals surface area (Å²) in [6.07, 6.45) is 0.836. The number of anilines is 1. The van der Waals surface area contributed by atoms with Crippen molar-refractivity contribution in [3.05, 3.63) is 81.2 Å². The molecule has 0 fully saturated rings. The number of para-hydroxylation sites is 1. The topological polar surface area (TPSA) is 159 Å². The van der Waals surface area contributed by atoms with Gasteiger partial charge in [0.25, 0.3) is 11.8 Å². The van der Waals surface area contributed by atoms with Gasteiger partial charge in [0.2, 0.25) is 11.8 Å². The Morgan fingerprint density at radius 1 is 1.13 bits per heavy atom. The Labute approximate surface area is 226 Å². The number of benzodiazepines with no additional fused rings is 1. The molecule has 0 aliphatic carbocycles. The van der Waals surface area contributed by atoms with Crippen molar-refractivity contribution in [2.45, 2.75) is 6.92 Å². The molecule has 0 saturated carbocycles. The van der Waals surface area contributed by atoms with E-state index in [1.54, 1.807) is 12.1 Å². The summed E-state index contributed by atoms with van der Waals surface area (Å²) in [5.74, 6) is -2.21. The minimum atomic E-state index is -0.901. The van der Waals surface area contributed by atoms with Gasteiger partial charge in [0.15, 0.2) is 6.61 Å². The Hall–Kier alpha value is -4.22. The second-order valence-corrected chi connectivity index (χ2v) is 8.42. The third-order valence-corrected chi connectivity index (χ3v) is 5.34. The van der Waals surface area contributed by atoms with Crippen LogP contribution >= 0.6 is 23.2 Å². The number of carbonyl (C=O) groups excluding carboxylic acids is 3. The first-order valence-electron chi connectivity index (χ1n) is 11.0. The molecule has 1 aliphatic heterocycles. The average molecular weight is 562 g/mol. The summed E-state index contributed by atoms with van der Waals surface area (Å²) in [6, 6.07) is 11.7. The van der Waals surface area contributed by atoms with Crippen molar-refractivity contribution in [1.29, 1.82) is 0 Å². The van der Waals surface area contributed by atoms with Gasteiger partial charge in [-0.05, 0) is 31.2 Å². The van der Waals surface area contributed by atoms with Gasteiger partial charge in [0.05, 0.1) is 34.8 Å². The largest absolute Gasteiger partial charge is 0.493 e. The molecule has 2 heterocycles. The van der Waals surface area contributed by atoms with E-state index in [-0.39, 0.29) is 23.9 Å². The number of nitrogens with zero attached hydrogens (tertiary/aromatic N) is 2. The maximum Gasteiger partial charge on any atom is 0.255 e. The maximum atomic E-state index is 12.7. The fourth-order valence-corrected chi connectivity index (χ4v) is 3.91. The molecule has 0 unspecified atom stereocenters. The quantitative estimate of drug-likeness (QED) is 0.401. The Kier molecular flexibility index (Phi) is 9.58. The Morgan fingerprint density at radius 2 is 1.87 bits per heavy atom. The van der Waals surface area contributed by atoms with Crippen molar-refractivity contribution < 1.29 is 28.2 Å². The molecule has 0 bridgehead atoms. The number of aliphatic imine (C=N–C) groups is 1. The molecular formula is C25H22Cl2FN5O5. The van der Waals surface area contributed by atoms with Crippen molar-refractivity contribution in [2.24, 2.45) is 16.5 Å². The Bertz CT molecular complexity index is 1420. The van der Waals surface area contributed by atoms with E-state index in [4.69, 9.17) is 44.1 Å². The Balaban J connectivity index is 0.000000232. The molecule has 0 spiro atoms. The number of pyridine rings is 1. The summed E-state index contributed by atoms with van der Waals surface area (Å²) in [5.41, 5.74) is 12.3. The normalized spacial score (nSPS) is 12.1. The van der Waals surface area contributed by atoms with E-state index in [1.807, 2.05) is 31.2 Å². The Morgan fingerprint density at radius 3 is 2.55 bits per heavy atom. The fraction of sp³-hybridized carbons (Fsp3) is 0.160. The summed E-state index contributed by atoms with van der Waals surface area (Å²) >= 11 is 12.5. The molecule has 0 atom stereocenters. The molecule has 38 heavy (non-hydrogen) atoms. The summed E-state index contributed by atoms with van der Waals surface area (Å²) in [4.78, 5) is 41.0. The van der Waals surface area contributed by atoms with Crippen LogP contribution in [0.3, 0.4) is 0 Å². The lowest BCUT2D eigenvalue weighted by atomic mass is 9.99. The molecule has 3 aromatic rings. The van der Waals surface area contributed by atoms with Gasteiger partial charge in [-0.25, -0.2) is 9.37 Å². The lowest BCUT2D eigenvalue weighted by Crippen LogP contribution is -2.22. The molecule has 3 amide bonds. The van der Waals surface area contributed by atoms with Crippen LogP contribution in [-0.2, 0) is 9.59 Å². The van der Waals surface area contributed by atoms with Crippen molar-refractivity contribution in [3.8, 4) is 11.6 Å². The lowest BCUT2D eigenvalue weighted by Gasteiger charge is -2.15. The van der Waals surface area contributed by atoms with Crippen LogP contribution in [0.2, 0.25) is 10.0 Å². The smallest absolute Gasteiger partial charge is 0.255 e. The molecule has 198 valence electrons. The molecular weight excluding hydrogens is 540 g/mol. The fourth-order valence-electron chi connectivity index (χ4n) is 3.35. The van der Waals surface area contributed by atoms with Crippen LogP contribution in [0, 0.1) is 5.82 Å². The van der Waals surface area contributed by atoms with Crippen LogP contribution in [0.5, 0.6) is 11.6 Å². The van der Waals surface area contributed by atoms with E-state index in [0.717, 1.165) is 17.8 Å². The highest BCUT2D eigenvalue weighted by Gasteiger charge is 2.23. The summed E-state index contributed by atoms with van der Waals surface area (Å²) in [7, 11) is 0. The third-order valence-electron chi connectivity index (χ3n) is 4.83. The monoisotopic (exact) mass is 561 g/mol. The molecule has 5 N–H and O–H groups in total. The minimum absolute atomic E-state index is 0.0224. The van der Waals surface area contributed by atoms with Crippen LogP contribution in [-0.4, -0.2) is 48.2 Å². The van der Waals surface area contributed by atoms with Gasteiger partial charge in [-0.1, -0.05) is 41.4 Å². The van der Waals surface area contributed by atoms with Crippen LogP contribution in [0.25, 0.3) is 0 Å². The van der Waals surface area contributed by atoms with E-state index in [9.17, 15) is 18.8 Å². The molecule has 2 aromatic carbocycles. The number of halogens is 3. The van der Waals surface area contributed by atoms with Gasteiger partial charge in [-0.3, -0.25) is 19.4 Å². The lowest BCUT2D eigenvalue weighted by molar-refractivity contribution is -0.120. The van der Waals surface area contributed by atoms with E-state index in [2.05, 4.69) is 15.3 Å². The average Bonchev–Trinajstić information content (AvgIpc) is 3.02. The van der Waals surface area contributed by atoms with E-state index < -0.39 is 24.2 Å². The number of nitrogens with two attached hydrogens (primary N) is 2. The summed E-state index contributed by atoms with van der Waals surface area (Å²) in [5, 5.41) is 3.76. The van der Waals surface area contributed by atoms with Gasteiger partial charge in [-0.2, -0.15) is 0 Å². The highest BCUT2D eigenvalue weighted by atomic mass is 35.5. The molecule has 10 nitrogen and oxygen atoms in total.